The minimum absolute atomic E-state index is 0.284. The number of anilines is 1. The third-order valence-corrected chi connectivity index (χ3v) is 4.06. The molecular weight excluding hydrogens is 296 g/mol. The van der Waals surface area contributed by atoms with Crippen LogP contribution in [-0.4, -0.2) is 11.5 Å². The lowest BCUT2D eigenvalue weighted by molar-refractivity contribution is 0.399. The number of pyridine rings is 1. The van der Waals surface area contributed by atoms with Crippen LogP contribution in [0.15, 0.2) is 24.3 Å². The van der Waals surface area contributed by atoms with Crippen molar-refractivity contribution in [2.75, 3.05) is 11.4 Å². The molecule has 22 heavy (non-hydrogen) atoms. The normalized spacial score (nSPS) is 17.5. The van der Waals surface area contributed by atoms with Crippen LogP contribution in [-0.2, 0) is 6.42 Å². The molecule has 6 heteroatoms. The summed E-state index contributed by atoms with van der Waals surface area (Å²) in [6.45, 7) is 2.15. The molecule has 1 aliphatic rings. The molecule has 2 aromatic rings. The fourth-order valence-electron chi connectivity index (χ4n) is 3.09. The van der Waals surface area contributed by atoms with Gasteiger partial charge in [0, 0.05) is 6.54 Å². The maximum atomic E-state index is 14.0. The van der Waals surface area contributed by atoms with Crippen LogP contribution >= 0.6 is 0 Å². The summed E-state index contributed by atoms with van der Waals surface area (Å²) in [5, 5.41) is 0. The molecular formula is C16H14F4N2. The summed E-state index contributed by atoms with van der Waals surface area (Å²) in [6, 6.07) is 7.23. The number of fused-ring (bicyclic) bond motifs is 1. The minimum atomic E-state index is -1.62. The van der Waals surface area contributed by atoms with E-state index in [1.165, 1.54) is 4.90 Å². The predicted molar refractivity (Wildman–Crippen MR) is 74.6 cm³/mol. The molecule has 1 aromatic carbocycles. The molecule has 0 fully saturated rings. The van der Waals surface area contributed by atoms with E-state index in [9.17, 15) is 17.6 Å². The smallest absolute Gasteiger partial charge is 0.253 e. The second kappa shape index (κ2) is 5.59. The average molecular weight is 310 g/mol. The third kappa shape index (κ3) is 2.23. The number of nitrogens with zero attached hydrogens (tertiary/aromatic N) is 2. The fraction of sp³-hybridized carbons (Fsp3) is 0.312. The molecule has 0 N–H and O–H groups in total. The first kappa shape index (κ1) is 14.8. The van der Waals surface area contributed by atoms with Gasteiger partial charge in [0.05, 0.1) is 6.04 Å². The first-order valence-electron chi connectivity index (χ1n) is 7.09. The first-order valence-corrected chi connectivity index (χ1v) is 7.09. The molecule has 1 unspecified atom stereocenters. The summed E-state index contributed by atoms with van der Waals surface area (Å²) in [4.78, 5) is 4.00. The maximum absolute atomic E-state index is 14.0. The summed E-state index contributed by atoms with van der Waals surface area (Å²) >= 11 is 0. The van der Waals surface area contributed by atoms with E-state index in [0.717, 1.165) is 11.1 Å². The van der Waals surface area contributed by atoms with E-state index in [1.807, 2.05) is 31.2 Å². The number of hydrogen-bond donors (Lipinski definition) is 0. The van der Waals surface area contributed by atoms with Crippen LogP contribution in [0.25, 0.3) is 0 Å². The van der Waals surface area contributed by atoms with Crippen LogP contribution in [0.2, 0.25) is 0 Å². The van der Waals surface area contributed by atoms with Crippen molar-refractivity contribution in [3.05, 3.63) is 58.9 Å². The Kier molecular flexibility index (Phi) is 3.76. The number of halogens is 4. The highest BCUT2D eigenvalue weighted by atomic mass is 19.2. The molecule has 0 saturated carbocycles. The molecule has 2 nitrogen and oxygen atoms in total. The van der Waals surface area contributed by atoms with Crippen LogP contribution in [0.4, 0.5) is 23.2 Å². The molecule has 0 amide bonds. The van der Waals surface area contributed by atoms with Gasteiger partial charge in [-0.25, -0.2) is 0 Å². The van der Waals surface area contributed by atoms with E-state index < -0.39 is 29.2 Å². The monoisotopic (exact) mass is 310 g/mol. The molecule has 0 saturated heterocycles. The molecule has 0 aliphatic carbocycles. The molecule has 3 rings (SSSR count). The van der Waals surface area contributed by atoms with Gasteiger partial charge >= 0.3 is 0 Å². The Hall–Kier alpha value is -2.11. The quantitative estimate of drug-likeness (QED) is 0.612. The lowest BCUT2D eigenvalue weighted by atomic mass is 9.90. The van der Waals surface area contributed by atoms with Gasteiger partial charge in [-0.1, -0.05) is 31.2 Å². The van der Waals surface area contributed by atoms with E-state index in [0.29, 0.717) is 12.8 Å². The Morgan fingerprint density at radius 1 is 1.09 bits per heavy atom. The number of rotatable bonds is 2. The Morgan fingerprint density at radius 3 is 2.36 bits per heavy atom. The number of benzene rings is 1. The molecule has 0 radical (unpaired) electrons. The SMILES string of the molecule is CCC1c2ccccc2CCN1c1c(F)c(F)nc(F)c1F. The van der Waals surface area contributed by atoms with Gasteiger partial charge in [0.1, 0.15) is 5.69 Å². The summed E-state index contributed by atoms with van der Waals surface area (Å²) in [6.07, 6.45) is 1.11. The van der Waals surface area contributed by atoms with Gasteiger partial charge in [0.2, 0.25) is 11.6 Å². The van der Waals surface area contributed by atoms with Crippen molar-refractivity contribution in [1.29, 1.82) is 0 Å². The van der Waals surface area contributed by atoms with Crippen LogP contribution in [0.3, 0.4) is 0 Å². The Balaban J connectivity index is 2.14. The lowest BCUT2D eigenvalue weighted by Gasteiger charge is -2.38. The van der Waals surface area contributed by atoms with Crippen LogP contribution in [0.1, 0.15) is 30.5 Å². The average Bonchev–Trinajstić information content (AvgIpc) is 2.53. The van der Waals surface area contributed by atoms with Crippen molar-refractivity contribution in [2.24, 2.45) is 0 Å². The summed E-state index contributed by atoms with van der Waals surface area (Å²) in [7, 11) is 0. The number of hydrogen-bond acceptors (Lipinski definition) is 2. The van der Waals surface area contributed by atoms with E-state index in [4.69, 9.17) is 0 Å². The van der Waals surface area contributed by atoms with Gasteiger partial charge in [0.15, 0.2) is 0 Å². The molecule has 116 valence electrons. The van der Waals surface area contributed by atoms with Crippen molar-refractivity contribution < 1.29 is 17.6 Å². The van der Waals surface area contributed by atoms with E-state index >= 15 is 0 Å². The van der Waals surface area contributed by atoms with Crippen molar-refractivity contribution in [3.63, 3.8) is 0 Å². The standard InChI is InChI=1S/C16H14F4N2/c1-2-11-10-6-4-3-5-9(10)7-8-22(11)14-12(17)15(19)21-16(20)13(14)18/h3-6,11H,2,7-8H2,1H3. The van der Waals surface area contributed by atoms with Gasteiger partial charge in [0.25, 0.3) is 11.9 Å². The highest BCUT2D eigenvalue weighted by Crippen LogP contribution is 2.38. The topological polar surface area (TPSA) is 16.1 Å². The van der Waals surface area contributed by atoms with Crippen molar-refractivity contribution >= 4 is 5.69 Å². The van der Waals surface area contributed by atoms with Gasteiger partial charge < -0.3 is 4.90 Å². The lowest BCUT2D eigenvalue weighted by Crippen LogP contribution is -2.37. The van der Waals surface area contributed by atoms with Crippen molar-refractivity contribution in [1.82, 2.24) is 4.98 Å². The van der Waals surface area contributed by atoms with Gasteiger partial charge in [-0.2, -0.15) is 22.5 Å². The van der Waals surface area contributed by atoms with Crippen LogP contribution in [0.5, 0.6) is 0 Å². The highest BCUT2D eigenvalue weighted by Gasteiger charge is 2.32. The minimum Gasteiger partial charge on any atom is -0.359 e. The zero-order valence-electron chi connectivity index (χ0n) is 11.9. The summed E-state index contributed by atoms with van der Waals surface area (Å²) < 4.78 is 54.8. The largest absolute Gasteiger partial charge is 0.359 e. The van der Waals surface area contributed by atoms with Gasteiger partial charge in [-0.3, -0.25) is 0 Å². The van der Waals surface area contributed by atoms with Crippen LogP contribution < -0.4 is 4.90 Å². The first-order chi connectivity index (χ1) is 10.5. The Bertz CT molecular complexity index is 691. The highest BCUT2D eigenvalue weighted by molar-refractivity contribution is 5.53. The summed E-state index contributed by atoms with van der Waals surface area (Å²) in [5.74, 6) is -6.14. The molecule has 1 aromatic heterocycles. The molecule has 2 heterocycles. The zero-order valence-corrected chi connectivity index (χ0v) is 11.9. The Morgan fingerprint density at radius 2 is 1.73 bits per heavy atom. The van der Waals surface area contributed by atoms with Crippen LogP contribution in [0, 0.1) is 23.5 Å². The number of aromatic nitrogens is 1. The zero-order chi connectivity index (χ0) is 15.9. The van der Waals surface area contributed by atoms with E-state index in [2.05, 4.69) is 4.98 Å². The van der Waals surface area contributed by atoms with Gasteiger partial charge in [-0.15, -0.1) is 0 Å². The summed E-state index contributed by atoms with van der Waals surface area (Å²) in [5.41, 5.74) is 1.33. The predicted octanol–water partition coefficient (Wildman–Crippen LogP) is 4.15. The van der Waals surface area contributed by atoms with Crippen molar-refractivity contribution in [2.45, 2.75) is 25.8 Å². The van der Waals surface area contributed by atoms with E-state index in [1.54, 1.807) is 0 Å². The third-order valence-electron chi connectivity index (χ3n) is 4.06. The second-order valence-electron chi connectivity index (χ2n) is 5.24. The molecule has 1 aliphatic heterocycles. The van der Waals surface area contributed by atoms with Crippen molar-refractivity contribution in [3.8, 4) is 0 Å². The molecule has 1 atom stereocenters. The molecule has 0 spiro atoms. The second-order valence-corrected chi connectivity index (χ2v) is 5.24. The maximum Gasteiger partial charge on any atom is 0.253 e. The molecule has 0 bridgehead atoms. The van der Waals surface area contributed by atoms with E-state index in [-0.39, 0.29) is 12.6 Å². The fourth-order valence-corrected chi connectivity index (χ4v) is 3.09. The Labute approximate surface area is 125 Å². The van der Waals surface area contributed by atoms with Gasteiger partial charge in [-0.05, 0) is 24.0 Å².